The minimum absolute atomic E-state index is 0.00741. The number of nitrogens with zero attached hydrogens (tertiary/aromatic N) is 1. The van der Waals surface area contributed by atoms with Crippen molar-refractivity contribution in [2.24, 2.45) is 0 Å². The van der Waals surface area contributed by atoms with Gasteiger partial charge in [-0.3, -0.25) is 4.79 Å². The van der Waals surface area contributed by atoms with Gasteiger partial charge in [0.15, 0.2) is 0 Å². The number of fused-ring (bicyclic) bond motifs is 1. The van der Waals surface area contributed by atoms with Crippen LogP contribution in [0.5, 0.6) is 0 Å². The van der Waals surface area contributed by atoms with Gasteiger partial charge in [0.05, 0.1) is 6.04 Å². The average Bonchev–Trinajstić information content (AvgIpc) is 2.91. The molecule has 1 fully saturated rings. The molecule has 2 aliphatic heterocycles. The van der Waals surface area contributed by atoms with Crippen molar-refractivity contribution in [3.05, 3.63) is 35.1 Å². The van der Waals surface area contributed by atoms with E-state index in [0.717, 1.165) is 36.9 Å². The number of benzene rings is 1. The Bertz CT molecular complexity index is 469. The summed E-state index contributed by atoms with van der Waals surface area (Å²) >= 11 is 0. The van der Waals surface area contributed by atoms with Crippen molar-refractivity contribution < 1.29 is 9.18 Å². The van der Waals surface area contributed by atoms with Crippen LogP contribution >= 0.6 is 0 Å². The average molecular weight is 248 g/mol. The molecule has 1 atom stereocenters. The van der Waals surface area contributed by atoms with Crippen molar-refractivity contribution in [2.75, 3.05) is 13.1 Å². The summed E-state index contributed by atoms with van der Waals surface area (Å²) in [5, 5.41) is 3.24. The Kier molecular flexibility index (Phi) is 3.04. The van der Waals surface area contributed by atoms with Gasteiger partial charge < -0.3 is 10.2 Å². The van der Waals surface area contributed by atoms with Gasteiger partial charge in [-0.05, 0) is 49.1 Å². The molecular formula is C14H17FN2O. The standard InChI is InChI=1S/C14H17FN2O/c15-12-4-3-11-9-17(7-5-10(11)8-12)14(18)13-2-1-6-16-13/h3-4,8,13,16H,1-2,5-7,9H2/t13-/m1/s1. The molecule has 0 unspecified atom stereocenters. The number of carbonyl (C=O) groups is 1. The second-order valence-corrected chi connectivity index (χ2v) is 5.07. The Balaban J connectivity index is 1.74. The summed E-state index contributed by atoms with van der Waals surface area (Å²) in [7, 11) is 0. The Morgan fingerprint density at radius 1 is 1.39 bits per heavy atom. The van der Waals surface area contributed by atoms with Gasteiger partial charge in [-0.15, -0.1) is 0 Å². The van der Waals surface area contributed by atoms with Gasteiger partial charge in [0.2, 0.25) is 5.91 Å². The molecule has 0 aliphatic carbocycles. The molecule has 96 valence electrons. The largest absolute Gasteiger partial charge is 0.337 e. The fraction of sp³-hybridized carbons (Fsp3) is 0.500. The molecule has 0 bridgehead atoms. The Labute approximate surface area is 106 Å². The first-order valence-electron chi connectivity index (χ1n) is 6.53. The normalized spacial score (nSPS) is 22.9. The van der Waals surface area contributed by atoms with Crippen molar-refractivity contribution >= 4 is 5.91 Å². The van der Waals surface area contributed by atoms with Crippen LogP contribution < -0.4 is 5.32 Å². The van der Waals surface area contributed by atoms with Crippen LogP contribution in [0.4, 0.5) is 4.39 Å². The van der Waals surface area contributed by atoms with Gasteiger partial charge in [0.25, 0.3) is 0 Å². The highest BCUT2D eigenvalue weighted by Crippen LogP contribution is 2.21. The molecule has 18 heavy (non-hydrogen) atoms. The molecule has 1 aromatic carbocycles. The van der Waals surface area contributed by atoms with Crippen molar-refractivity contribution in [3.8, 4) is 0 Å². The van der Waals surface area contributed by atoms with E-state index in [0.29, 0.717) is 13.1 Å². The second-order valence-electron chi connectivity index (χ2n) is 5.07. The predicted octanol–water partition coefficient (Wildman–Crippen LogP) is 1.46. The highest BCUT2D eigenvalue weighted by Gasteiger charge is 2.28. The Morgan fingerprint density at radius 3 is 3.06 bits per heavy atom. The highest BCUT2D eigenvalue weighted by molar-refractivity contribution is 5.82. The number of rotatable bonds is 1. The number of nitrogens with one attached hydrogen (secondary N) is 1. The van der Waals surface area contributed by atoms with E-state index in [1.54, 1.807) is 12.1 Å². The zero-order valence-corrected chi connectivity index (χ0v) is 10.3. The summed E-state index contributed by atoms with van der Waals surface area (Å²) in [5.41, 5.74) is 2.12. The number of carbonyl (C=O) groups excluding carboxylic acids is 1. The lowest BCUT2D eigenvalue weighted by molar-refractivity contribution is -0.134. The molecule has 1 amide bonds. The minimum atomic E-state index is -0.189. The topological polar surface area (TPSA) is 32.3 Å². The quantitative estimate of drug-likeness (QED) is 0.816. The second kappa shape index (κ2) is 4.69. The van der Waals surface area contributed by atoms with Gasteiger partial charge in [-0.2, -0.15) is 0 Å². The number of hydrogen-bond donors (Lipinski definition) is 1. The summed E-state index contributed by atoms with van der Waals surface area (Å²) < 4.78 is 13.1. The van der Waals surface area contributed by atoms with E-state index in [1.807, 2.05) is 4.90 Å². The van der Waals surface area contributed by atoms with Gasteiger partial charge in [0, 0.05) is 13.1 Å². The predicted molar refractivity (Wildman–Crippen MR) is 66.5 cm³/mol. The molecule has 3 rings (SSSR count). The van der Waals surface area contributed by atoms with Gasteiger partial charge in [-0.1, -0.05) is 6.07 Å². The summed E-state index contributed by atoms with van der Waals surface area (Å²) in [5.74, 6) is 0.00783. The molecule has 0 saturated carbocycles. The fourth-order valence-corrected chi connectivity index (χ4v) is 2.83. The molecule has 1 aromatic rings. The van der Waals surface area contributed by atoms with Crippen molar-refractivity contribution in [1.29, 1.82) is 0 Å². The van der Waals surface area contributed by atoms with Crippen molar-refractivity contribution in [2.45, 2.75) is 31.8 Å². The first-order valence-corrected chi connectivity index (χ1v) is 6.53. The molecule has 1 N–H and O–H groups in total. The van der Waals surface area contributed by atoms with E-state index in [2.05, 4.69) is 5.32 Å². The van der Waals surface area contributed by atoms with E-state index >= 15 is 0 Å². The molecule has 2 heterocycles. The molecule has 0 aromatic heterocycles. The van der Waals surface area contributed by atoms with Crippen LogP contribution in [-0.2, 0) is 17.8 Å². The van der Waals surface area contributed by atoms with Gasteiger partial charge in [-0.25, -0.2) is 4.39 Å². The van der Waals surface area contributed by atoms with E-state index in [9.17, 15) is 9.18 Å². The number of amides is 1. The van der Waals surface area contributed by atoms with Crippen LogP contribution in [0.2, 0.25) is 0 Å². The zero-order chi connectivity index (χ0) is 12.5. The monoisotopic (exact) mass is 248 g/mol. The summed E-state index contributed by atoms with van der Waals surface area (Å²) in [4.78, 5) is 14.2. The maximum atomic E-state index is 13.1. The molecule has 2 aliphatic rings. The minimum Gasteiger partial charge on any atom is -0.337 e. The third-order valence-electron chi connectivity index (χ3n) is 3.85. The van der Waals surface area contributed by atoms with Crippen LogP contribution in [0.25, 0.3) is 0 Å². The fourth-order valence-electron chi connectivity index (χ4n) is 2.83. The highest BCUT2D eigenvalue weighted by atomic mass is 19.1. The Morgan fingerprint density at radius 2 is 2.28 bits per heavy atom. The van der Waals surface area contributed by atoms with Gasteiger partial charge in [0.1, 0.15) is 5.82 Å². The van der Waals surface area contributed by atoms with Crippen LogP contribution in [0.3, 0.4) is 0 Å². The Hall–Kier alpha value is -1.42. The first kappa shape index (κ1) is 11.7. The van der Waals surface area contributed by atoms with E-state index < -0.39 is 0 Å². The lowest BCUT2D eigenvalue weighted by atomic mass is 9.99. The van der Waals surface area contributed by atoms with Crippen LogP contribution in [0.15, 0.2) is 18.2 Å². The van der Waals surface area contributed by atoms with Crippen LogP contribution in [0.1, 0.15) is 24.0 Å². The third-order valence-corrected chi connectivity index (χ3v) is 3.85. The van der Waals surface area contributed by atoms with Crippen LogP contribution in [-0.4, -0.2) is 29.9 Å². The maximum Gasteiger partial charge on any atom is 0.240 e. The molecular weight excluding hydrogens is 231 g/mol. The number of halogens is 1. The van der Waals surface area contributed by atoms with E-state index in [-0.39, 0.29) is 17.8 Å². The zero-order valence-electron chi connectivity index (χ0n) is 10.3. The molecule has 1 saturated heterocycles. The third kappa shape index (κ3) is 2.12. The smallest absolute Gasteiger partial charge is 0.240 e. The van der Waals surface area contributed by atoms with Gasteiger partial charge >= 0.3 is 0 Å². The first-order chi connectivity index (χ1) is 8.74. The summed E-state index contributed by atoms with van der Waals surface area (Å²) in [6, 6.07) is 4.85. The molecule has 3 nitrogen and oxygen atoms in total. The SMILES string of the molecule is O=C([C@H]1CCCN1)N1CCc2cc(F)ccc2C1. The van der Waals surface area contributed by atoms with Crippen molar-refractivity contribution in [1.82, 2.24) is 10.2 Å². The molecule has 0 radical (unpaired) electrons. The van der Waals surface area contributed by atoms with E-state index in [4.69, 9.17) is 0 Å². The number of hydrogen-bond acceptors (Lipinski definition) is 2. The molecule has 4 heteroatoms. The summed E-state index contributed by atoms with van der Waals surface area (Å²) in [6.07, 6.45) is 2.77. The maximum absolute atomic E-state index is 13.1. The van der Waals surface area contributed by atoms with E-state index in [1.165, 1.54) is 6.07 Å². The summed E-state index contributed by atoms with van der Waals surface area (Å²) in [6.45, 7) is 2.26. The van der Waals surface area contributed by atoms with Crippen molar-refractivity contribution in [3.63, 3.8) is 0 Å². The van der Waals surface area contributed by atoms with Crippen LogP contribution in [0, 0.1) is 5.82 Å². The lowest BCUT2D eigenvalue weighted by Gasteiger charge is -2.30. The lowest BCUT2D eigenvalue weighted by Crippen LogP contribution is -2.45. The molecule has 0 spiro atoms.